The van der Waals surface area contributed by atoms with Gasteiger partial charge in [0.15, 0.2) is 0 Å². The fourth-order valence-electron chi connectivity index (χ4n) is 1.64. The lowest BCUT2D eigenvalue weighted by Gasteiger charge is -2.00. The zero-order valence-electron chi connectivity index (χ0n) is 7.44. The van der Waals surface area contributed by atoms with E-state index in [9.17, 15) is 0 Å². The highest BCUT2D eigenvalue weighted by molar-refractivity contribution is 6.03. The monoisotopic (exact) mass is 179 g/mol. The second-order valence-corrected chi connectivity index (χ2v) is 3.15. The fourth-order valence-corrected chi connectivity index (χ4v) is 1.64. The average Bonchev–Trinajstić information content (AvgIpc) is 2.29. The molecule has 3 aromatic rings. The van der Waals surface area contributed by atoms with E-state index < -0.39 is 0 Å². The molecular formula is C12H7N2. The molecule has 0 saturated carbocycles. The van der Waals surface area contributed by atoms with Crippen LogP contribution < -0.4 is 0 Å². The zero-order chi connectivity index (χ0) is 9.38. The molecular weight excluding hydrogens is 172 g/mol. The summed E-state index contributed by atoms with van der Waals surface area (Å²) in [6.07, 6.45) is 4.60. The topological polar surface area (TPSA) is 25.8 Å². The van der Waals surface area contributed by atoms with Crippen molar-refractivity contribution in [3.05, 3.63) is 48.8 Å². The summed E-state index contributed by atoms with van der Waals surface area (Å²) in [5.74, 6) is 0. The Kier molecular flexibility index (Phi) is 1.47. The molecule has 1 aromatic carbocycles. The number of para-hydroxylation sites is 1. The van der Waals surface area contributed by atoms with Gasteiger partial charge in [-0.25, -0.2) is 4.98 Å². The first kappa shape index (κ1) is 7.44. The van der Waals surface area contributed by atoms with E-state index in [0.29, 0.717) is 0 Å². The van der Waals surface area contributed by atoms with Gasteiger partial charge in [-0.2, -0.15) is 0 Å². The van der Waals surface area contributed by atoms with E-state index in [2.05, 4.69) is 22.2 Å². The van der Waals surface area contributed by atoms with Gasteiger partial charge in [-0.15, -0.1) is 0 Å². The maximum Gasteiger partial charge on any atom is 0.0899 e. The van der Waals surface area contributed by atoms with Crippen molar-refractivity contribution in [1.82, 2.24) is 9.97 Å². The minimum Gasteiger partial charge on any atom is -0.254 e. The molecule has 2 heteroatoms. The highest BCUT2D eigenvalue weighted by Crippen LogP contribution is 2.20. The molecule has 14 heavy (non-hydrogen) atoms. The van der Waals surface area contributed by atoms with Crippen molar-refractivity contribution in [3.63, 3.8) is 0 Å². The molecule has 0 atom stereocenters. The van der Waals surface area contributed by atoms with Crippen molar-refractivity contribution in [2.75, 3.05) is 0 Å². The Bertz CT molecular complexity index is 547. The highest BCUT2D eigenvalue weighted by Gasteiger charge is 1.99. The molecule has 1 radical (unpaired) electrons. The Hall–Kier alpha value is -1.96. The Morgan fingerprint density at radius 2 is 1.79 bits per heavy atom. The van der Waals surface area contributed by atoms with E-state index in [1.165, 1.54) is 0 Å². The first-order valence-corrected chi connectivity index (χ1v) is 4.46. The van der Waals surface area contributed by atoms with Crippen molar-refractivity contribution in [2.24, 2.45) is 0 Å². The van der Waals surface area contributed by atoms with Crippen LogP contribution in [0, 0.1) is 6.20 Å². The van der Waals surface area contributed by atoms with Gasteiger partial charge < -0.3 is 0 Å². The fraction of sp³-hybridized carbons (Fsp3) is 0. The minimum absolute atomic E-state index is 0.895. The highest BCUT2D eigenvalue weighted by atomic mass is 14.7. The Morgan fingerprint density at radius 1 is 0.929 bits per heavy atom. The van der Waals surface area contributed by atoms with Gasteiger partial charge in [0.05, 0.1) is 23.4 Å². The summed E-state index contributed by atoms with van der Waals surface area (Å²) in [7, 11) is 0. The van der Waals surface area contributed by atoms with Gasteiger partial charge in [0.25, 0.3) is 0 Å². The first-order valence-electron chi connectivity index (χ1n) is 4.46. The largest absolute Gasteiger partial charge is 0.254 e. The third kappa shape index (κ3) is 0.973. The summed E-state index contributed by atoms with van der Waals surface area (Å²) < 4.78 is 0. The van der Waals surface area contributed by atoms with Crippen molar-refractivity contribution in [2.45, 2.75) is 0 Å². The second-order valence-electron chi connectivity index (χ2n) is 3.15. The molecule has 2 nitrogen and oxygen atoms in total. The maximum atomic E-state index is 4.33. The van der Waals surface area contributed by atoms with Crippen molar-refractivity contribution >= 4 is 21.8 Å². The molecule has 0 spiro atoms. The predicted octanol–water partition coefficient (Wildman–Crippen LogP) is 2.58. The number of nitrogens with zero attached hydrogens (tertiary/aromatic N) is 2. The Balaban J connectivity index is 2.61. The zero-order valence-corrected chi connectivity index (χ0v) is 7.44. The quantitative estimate of drug-likeness (QED) is 0.496. The van der Waals surface area contributed by atoms with Crippen LogP contribution in [0.5, 0.6) is 0 Å². The number of aromatic nitrogens is 2. The van der Waals surface area contributed by atoms with E-state index >= 15 is 0 Å². The van der Waals surface area contributed by atoms with Gasteiger partial charge in [-0.1, -0.05) is 18.2 Å². The summed E-state index contributed by atoms with van der Waals surface area (Å²) in [4.78, 5) is 8.47. The number of benzene rings is 1. The first-order chi connectivity index (χ1) is 6.95. The normalized spacial score (nSPS) is 10.9. The van der Waals surface area contributed by atoms with E-state index in [1.54, 1.807) is 6.20 Å². The smallest absolute Gasteiger partial charge is 0.0899 e. The molecule has 0 aliphatic carbocycles. The number of pyridine rings is 2. The van der Waals surface area contributed by atoms with Crippen LogP contribution in [0.15, 0.2) is 42.6 Å². The number of fused-ring (bicyclic) bond motifs is 3. The third-order valence-corrected chi connectivity index (χ3v) is 2.31. The molecule has 0 aliphatic heterocycles. The van der Waals surface area contributed by atoms with Crippen molar-refractivity contribution < 1.29 is 0 Å². The van der Waals surface area contributed by atoms with Gasteiger partial charge >= 0.3 is 0 Å². The lowest BCUT2D eigenvalue weighted by Crippen LogP contribution is -1.83. The van der Waals surface area contributed by atoms with Crippen LogP contribution in [-0.2, 0) is 0 Å². The SMILES string of the molecule is [c]1ccc2c(cnc3ccccc32)n1. The summed E-state index contributed by atoms with van der Waals surface area (Å²) >= 11 is 0. The minimum atomic E-state index is 0.895. The number of hydrogen-bond acceptors (Lipinski definition) is 2. The Labute approximate surface area is 81.2 Å². The lowest BCUT2D eigenvalue weighted by atomic mass is 10.1. The maximum absolute atomic E-state index is 4.33. The molecule has 0 N–H and O–H groups in total. The molecule has 0 amide bonds. The number of rotatable bonds is 0. The molecule has 0 saturated heterocycles. The molecule has 2 heterocycles. The van der Waals surface area contributed by atoms with E-state index in [0.717, 1.165) is 21.8 Å². The van der Waals surface area contributed by atoms with Crippen molar-refractivity contribution in [1.29, 1.82) is 0 Å². The molecule has 0 aliphatic rings. The summed E-state index contributed by atoms with van der Waals surface area (Å²) in [5, 5.41) is 2.28. The van der Waals surface area contributed by atoms with Crippen LogP contribution >= 0.6 is 0 Å². The van der Waals surface area contributed by atoms with E-state index in [-0.39, 0.29) is 0 Å². The van der Waals surface area contributed by atoms with Gasteiger partial charge in [0.1, 0.15) is 0 Å². The lowest BCUT2D eigenvalue weighted by molar-refractivity contribution is 1.35. The second kappa shape index (κ2) is 2.77. The van der Waals surface area contributed by atoms with Gasteiger partial charge in [-0.05, 0) is 18.2 Å². The van der Waals surface area contributed by atoms with Crippen LogP contribution in [0.25, 0.3) is 21.8 Å². The average molecular weight is 179 g/mol. The van der Waals surface area contributed by atoms with Crippen LogP contribution in [-0.4, -0.2) is 9.97 Å². The van der Waals surface area contributed by atoms with Gasteiger partial charge in [-0.3, -0.25) is 4.98 Å². The number of hydrogen-bond donors (Lipinski definition) is 0. The van der Waals surface area contributed by atoms with Crippen molar-refractivity contribution in [3.8, 4) is 0 Å². The summed E-state index contributed by atoms with van der Waals surface area (Å²) in [5.41, 5.74) is 1.90. The third-order valence-electron chi connectivity index (χ3n) is 2.31. The summed E-state index contributed by atoms with van der Waals surface area (Å²) in [6, 6.07) is 11.9. The molecule has 0 bridgehead atoms. The van der Waals surface area contributed by atoms with Crippen LogP contribution in [0.2, 0.25) is 0 Å². The molecule has 0 fully saturated rings. The van der Waals surface area contributed by atoms with Gasteiger partial charge in [0.2, 0.25) is 0 Å². The predicted molar refractivity (Wildman–Crippen MR) is 55.9 cm³/mol. The molecule has 3 rings (SSSR count). The van der Waals surface area contributed by atoms with Gasteiger partial charge in [0, 0.05) is 10.8 Å². The van der Waals surface area contributed by atoms with E-state index in [4.69, 9.17) is 0 Å². The molecule has 65 valence electrons. The summed E-state index contributed by atoms with van der Waals surface area (Å²) in [6.45, 7) is 0. The van der Waals surface area contributed by atoms with Crippen LogP contribution in [0.3, 0.4) is 0 Å². The molecule has 2 aromatic heterocycles. The Morgan fingerprint density at radius 3 is 2.79 bits per heavy atom. The van der Waals surface area contributed by atoms with Crippen LogP contribution in [0.4, 0.5) is 0 Å². The standard InChI is InChI=1S/C12H7N2/c1-2-6-11-9(4-1)10-5-3-7-13-12(10)8-14-11/h1-6,8H. The van der Waals surface area contributed by atoms with Crippen LogP contribution in [0.1, 0.15) is 0 Å². The molecule has 0 unspecified atom stereocenters. The van der Waals surface area contributed by atoms with E-state index in [1.807, 2.05) is 30.3 Å².